The van der Waals surface area contributed by atoms with Gasteiger partial charge >= 0.3 is 0 Å². The van der Waals surface area contributed by atoms with Crippen molar-refractivity contribution in [3.05, 3.63) is 0 Å². The fourth-order valence-corrected chi connectivity index (χ4v) is 1.49. The minimum absolute atomic E-state index is 0.118. The second-order valence-corrected chi connectivity index (χ2v) is 3.87. The van der Waals surface area contributed by atoms with Crippen molar-refractivity contribution < 1.29 is 4.79 Å². The van der Waals surface area contributed by atoms with Crippen LogP contribution in [-0.4, -0.2) is 29.1 Å². The number of rotatable bonds is 4. The average Bonchev–Trinajstić information content (AvgIpc) is 2.05. The average molecular weight is 189 g/mol. The lowest BCUT2D eigenvalue weighted by Crippen LogP contribution is -2.39. The van der Waals surface area contributed by atoms with E-state index in [1.54, 1.807) is 4.90 Å². The Morgan fingerprint density at radius 2 is 1.83 bits per heavy atom. The van der Waals surface area contributed by atoms with Crippen LogP contribution < -0.4 is 0 Å². The third kappa shape index (κ3) is 3.05. The summed E-state index contributed by atoms with van der Waals surface area (Å²) in [5, 5.41) is -0.185. The summed E-state index contributed by atoms with van der Waals surface area (Å²) in [5.74, 6) is 0.118. The predicted molar refractivity (Wildman–Crippen MR) is 55.6 cm³/mol. The van der Waals surface area contributed by atoms with E-state index in [0.717, 1.165) is 12.8 Å². The molecular weight excluding hydrogens is 170 g/mol. The lowest BCUT2D eigenvalue weighted by atomic mass is 10.1. The highest BCUT2D eigenvalue weighted by molar-refractivity contribution is 7.81. The summed E-state index contributed by atoms with van der Waals surface area (Å²) in [5.41, 5.74) is 0. The Morgan fingerprint density at radius 1 is 1.42 bits per heavy atom. The van der Waals surface area contributed by atoms with Crippen LogP contribution in [0.4, 0.5) is 0 Å². The molecule has 12 heavy (non-hydrogen) atoms. The molecule has 1 amide bonds. The van der Waals surface area contributed by atoms with Gasteiger partial charge in [0.15, 0.2) is 0 Å². The van der Waals surface area contributed by atoms with E-state index in [-0.39, 0.29) is 11.2 Å². The largest absolute Gasteiger partial charge is 0.342 e. The second-order valence-electron chi connectivity index (χ2n) is 3.10. The Balaban J connectivity index is 4.15. The molecule has 0 aliphatic carbocycles. The third-order valence-corrected chi connectivity index (χ3v) is 2.42. The summed E-state index contributed by atoms with van der Waals surface area (Å²) in [7, 11) is 1.85. The van der Waals surface area contributed by atoms with Crippen molar-refractivity contribution in [1.29, 1.82) is 0 Å². The van der Waals surface area contributed by atoms with Crippen LogP contribution in [0.2, 0.25) is 0 Å². The van der Waals surface area contributed by atoms with E-state index in [9.17, 15) is 4.79 Å². The Hall–Kier alpha value is -0.180. The topological polar surface area (TPSA) is 20.3 Å². The Bertz CT molecular complexity index is 143. The molecule has 72 valence electrons. The van der Waals surface area contributed by atoms with Crippen LogP contribution in [0, 0.1) is 0 Å². The molecule has 0 rings (SSSR count). The first kappa shape index (κ1) is 11.8. The quantitative estimate of drug-likeness (QED) is 0.670. The summed E-state index contributed by atoms with van der Waals surface area (Å²) in [6, 6.07) is 0.368. The van der Waals surface area contributed by atoms with E-state index in [4.69, 9.17) is 0 Å². The van der Waals surface area contributed by atoms with Crippen LogP contribution >= 0.6 is 12.6 Å². The molecule has 0 spiro atoms. The molecule has 0 radical (unpaired) electrons. The van der Waals surface area contributed by atoms with Crippen LogP contribution in [0.5, 0.6) is 0 Å². The first-order chi connectivity index (χ1) is 5.54. The molecule has 0 saturated carbocycles. The zero-order valence-electron chi connectivity index (χ0n) is 8.37. The monoisotopic (exact) mass is 189 g/mol. The maximum Gasteiger partial charge on any atom is 0.235 e. The highest BCUT2D eigenvalue weighted by Gasteiger charge is 2.19. The minimum atomic E-state index is -0.185. The van der Waals surface area contributed by atoms with Crippen LogP contribution in [0.1, 0.15) is 33.6 Å². The highest BCUT2D eigenvalue weighted by atomic mass is 32.1. The fourth-order valence-electron chi connectivity index (χ4n) is 1.31. The summed E-state index contributed by atoms with van der Waals surface area (Å²) in [4.78, 5) is 13.3. The number of hydrogen-bond donors (Lipinski definition) is 1. The lowest BCUT2D eigenvalue weighted by molar-refractivity contribution is -0.131. The van der Waals surface area contributed by atoms with Crippen molar-refractivity contribution >= 4 is 18.5 Å². The first-order valence-electron chi connectivity index (χ1n) is 4.49. The van der Waals surface area contributed by atoms with Crippen molar-refractivity contribution in [3.63, 3.8) is 0 Å². The summed E-state index contributed by atoms with van der Waals surface area (Å²) in [6.45, 7) is 6.01. The van der Waals surface area contributed by atoms with Gasteiger partial charge in [-0.25, -0.2) is 0 Å². The molecular formula is C9H19NOS. The third-order valence-electron chi connectivity index (χ3n) is 2.20. The molecule has 3 heteroatoms. The molecule has 0 fully saturated rings. The highest BCUT2D eigenvalue weighted by Crippen LogP contribution is 2.09. The minimum Gasteiger partial charge on any atom is -0.342 e. The molecule has 1 unspecified atom stereocenters. The molecule has 0 heterocycles. The van der Waals surface area contributed by atoms with Gasteiger partial charge in [0.2, 0.25) is 5.91 Å². The maximum atomic E-state index is 11.5. The second kappa shape index (κ2) is 5.46. The van der Waals surface area contributed by atoms with Gasteiger partial charge in [-0.1, -0.05) is 13.8 Å². The first-order valence-corrected chi connectivity index (χ1v) is 5.00. The van der Waals surface area contributed by atoms with E-state index in [1.165, 1.54) is 0 Å². The molecule has 1 atom stereocenters. The van der Waals surface area contributed by atoms with Crippen LogP contribution in [-0.2, 0) is 4.79 Å². The van der Waals surface area contributed by atoms with Crippen molar-refractivity contribution in [2.24, 2.45) is 0 Å². The van der Waals surface area contributed by atoms with E-state index in [0.29, 0.717) is 6.04 Å². The zero-order chi connectivity index (χ0) is 9.72. The van der Waals surface area contributed by atoms with Gasteiger partial charge in [0.1, 0.15) is 0 Å². The van der Waals surface area contributed by atoms with E-state index >= 15 is 0 Å². The Labute approximate surface area is 80.7 Å². The van der Waals surface area contributed by atoms with E-state index < -0.39 is 0 Å². The van der Waals surface area contributed by atoms with Crippen LogP contribution in [0.15, 0.2) is 0 Å². The lowest BCUT2D eigenvalue weighted by Gasteiger charge is -2.27. The fraction of sp³-hybridized carbons (Fsp3) is 0.889. The molecule has 0 aliphatic rings. The van der Waals surface area contributed by atoms with Gasteiger partial charge in [0.25, 0.3) is 0 Å². The van der Waals surface area contributed by atoms with Crippen molar-refractivity contribution in [3.8, 4) is 0 Å². The van der Waals surface area contributed by atoms with Gasteiger partial charge in [-0.2, -0.15) is 12.6 Å². The number of nitrogens with zero attached hydrogens (tertiary/aromatic N) is 1. The van der Waals surface area contributed by atoms with Gasteiger partial charge in [-0.3, -0.25) is 4.79 Å². The Kier molecular flexibility index (Phi) is 5.38. The summed E-state index contributed by atoms with van der Waals surface area (Å²) >= 11 is 4.11. The molecule has 2 nitrogen and oxygen atoms in total. The van der Waals surface area contributed by atoms with E-state index in [2.05, 4.69) is 26.5 Å². The Morgan fingerprint density at radius 3 is 2.08 bits per heavy atom. The predicted octanol–water partition coefficient (Wildman–Crippen LogP) is 1.95. The molecule has 0 aromatic rings. The number of amides is 1. The normalized spacial score (nSPS) is 13.2. The molecule has 0 bridgehead atoms. The number of carbonyl (C=O) groups is 1. The molecule has 0 aliphatic heterocycles. The number of hydrogen-bond acceptors (Lipinski definition) is 2. The standard InChI is InChI=1S/C9H19NOS/c1-5-8(6-2)10(4)9(11)7(3)12/h7-8,12H,5-6H2,1-4H3. The van der Waals surface area contributed by atoms with E-state index in [1.807, 2.05) is 14.0 Å². The van der Waals surface area contributed by atoms with Crippen LogP contribution in [0.3, 0.4) is 0 Å². The summed E-state index contributed by atoms with van der Waals surface area (Å²) < 4.78 is 0. The van der Waals surface area contributed by atoms with Crippen molar-refractivity contribution in [2.75, 3.05) is 7.05 Å². The molecule has 0 aromatic heterocycles. The van der Waals surface area contributed by atoms with Crippen molar-refractivity contribution in [1.82, 2.24) is 4.90 Å². The molecule has 0 aromatic carbocycles. The van der Waals surface area contributed by atoms with Gasteiger partial charge in [-0.05, 0) is 19.8 Å². The zero-order valence-corrected chi connectivity index (χ0v) is 9.27. The molecule has 0 saturated heterocycles. The molecule has 0 N–H and O–H groups in total. The van der Waals surface area contributed by atoms with Gasteiger partial charge in [0.05, 0.1) is 5.25 Å². The van der Waals surface area contributed by atoms with Gasteiger partial charge < -0.3 is 4.90 Å². The van der Waals surface area contributed by atoms with Crippen molar-refractivity contribution in [2.45, 2.75) is 44.9 Å². The maximum absolute atomic E-state index is 11.5. The van der Waals surface area contributed by atoms with Gasteiger partial charge in [-0.15, -0.1) is 0 Å². The van der Waals surface area contributed by atoms with Gasteiger partial charge in [0, 0.05) is 13.1 Å². The SMILES string of the molecule is CCC(CC)N(C)C(=O)C(C)S. The number of carbonyl (C=O) groups excluding carboxylic acids is 1. The smallest absolute Gasteiger partial charge is 0.235 e. The summed E-state index contributed by atoms with van der Waals surface area (Å²) in [6.07, 6.45) is 2.03. The number of thiol groups is 1. The van der Waals surface area contributed by atoms with Crippen LogP contribution in [0.25, 0.3) is 0 Å².